The Morgan fingerprint density at radius 2 is 0.600 bits per heavy atom. The molecular weight excluding hydrogens is 783 g/mol. The fourth-order valence-corrected chi connectivity index (χ4v) is 16.8. The van der Waals surface area contributed by atoms with Gasteiger partial charge < -0.3 is 30.0 Å². The van der Waals surface area contributed by atoms with Crippen molar-refractivity contribution >= 4 is 58.3 Å². The SMILES string of the molecule is Cc1cccc([P+](CCCO)(c2cccc(C)c2)c2cccc(C)c2)c1.Cc1cccc([P+](CCCO)(c2cccc(C)c2)c2cccc(C)c2)c1.O=C([O-])CCC(=O)[O-]. The summed E-state index contributed by atoms with van der Waals surface area (Å²) in [6, 6.07) is 53.7. The molecule has 0 aliphatic heterocycles. The van der Waals surface area contributed by atoms with Gasteiger partial charge in [0.25, 0.3) is 0 Å². The number of carbonyl (C=O) groups excluding carboxylic acids is 2. The van der Waals surface area contributed by atoms with E-state index in [0.717, 1.165) is 25.2 Å². The Morgan fingerprint density at radius 1 is 0.400 bits per heavy atom. The lowest BCUT2D eigenvalue weighted by molar-refractivity contribution is -0.315. The summed E-state index contributed by atoms with van der Waals surface area (Å²) in [5.74, 6) is -2.73. The highest BCUT2D eigenvalue weighted by Crippen LogP contribution is 2.57. The molecule has 60 heavy (non-hydrogen) atoms. The predicted octanol–water partition coefficient (Wildman–Crippen LogP) is 5.84. The second-order valence-corrected chi connectivity index (χ2v) is 22.7. The Bertz CT molecular complexity index is 1930. The maximum atomic E-state index is 9.65. The molecule has 0 saturated heterocycles. The maximum Gasteiger partial charge on any atom is 0.112 e. The Labute approximate surface area is 358 Å². The van der Waals surface area contributed by atoms with Gasteiger partial charge in [-0.3, -0.25) is 0 Å². The number of carbonyl (C=O) groups is 2. The number of rotatable bonds is 15. The van der Waals surface area contributed by atoms with Crippen molar-refractivity contribution in [3.63, 3.8) is 0 Å². The van der Waals surface area contributed by atoms with Crippen LogP contribution in [0.25, 0.3) is 0 Å². The topological polar surface area (TPSA) is 121 Å². The van der Waals surface area contributed by atoms with E-state index in [4.69, 9.17) is 0 Å². The van der Waals surface area contributed by atoms with E-state index in [0.29, 0.717) is 0 Å². The highest BCUT2D eigenvalue weighted by Gasteiger charge is 2.46. The van der Waals surface area contributed by atoms with Gasteiger partial charge in [0.15, 0.2) is 0 Å². The van der Waals surface area contributed by atoms with E-state index < -0.39 is 39.3 Å². The molecule has 0 saturated carbocycles. The Kier molecular flexibility index (Phi) is 18.4. The number of aryl methyl sites for hydroxylation is 6. The summed E-state index contributed by atoms with van der Waals surface area (Å²) >= 11 is 0. The lowest BCUT2D eigenvalue weighted by Gasteiger charge is -2.28. The van der Waals surface area contributed by atoms with Crippen LogP contribution in [-0.2, 0) is 9.59 Å². The van der Waals surface area contributed by atoms with Gasteiger partial charge in [0.05, 0.1) is 12.3 Å². The molecule has 0 bridgehead atoms. The summed E-state index contributed by atoms with van der Waals surface area (Å²) < 4.78 is 0. The highest BCUT2D eigenvalue weighted by atomic mass is 31.2. The minimum Gasteiger partial charge on any atom is -0.550 e. The van der Waals surface area contributed by atoms with Crippen LogP contribution in [0.15, 0.2) is 146 Å². The van der Waals surface area contributed by atoms with Crippen LogP contribution in [-0.4, -0.2) is 47.7 Å². The van der Waals surface area contributed by atoms with Gasteiger partial charge >= 0.3 is 0 Å². The summed E-state index contributed by atoms with van der Waals surface area (Å²) in [5, 5.41) is 46.7. The predicted molar refractivity (Wildman–Crippen MR) is 251 cm³/mol. The molecule has 8 heteroatoms. The smallest absolute Gasteiger partial charge is 0.112 e. The first-order chi connectivity index (χ1) is 28.7. The van der Waals surface area contributed by atoms with Crippen LogP contribution in [0.5, 0.6) is 0 Å². The van der Waals surface area contributed by atoms with Crippen LogP contribution < -0.4 is 42.0 Å². The first kappa shape index (κ1) is 47.7. The van der Waals surface area contributed by atoms with E-state index in [1.807, 2.05) is 0 Å². The van der Waals surface area contributed by atoms with Crippen LogP contribution in [0, 0.1) is 41.5 Å². The van der Waals surface area contributed by atoms with Crippen LogP contribution in [0.2, 0.25) is 0 Å². The summed E-state index contributed by atoms with van der Waals surface area (Å²) in [4.78, 5) is 19.0. The number of aliphatic carboxylic acids is 2. The summed E-state index contributed by atoms with van der Waals surface area (Å²) in [5.41, 5.74) is 7.73. The summed E-state index contributed by atoms with van der Waals surface area (Å²) in [6.45, 7) is 13.4. The van der Waals surface area contributed by atoms with Crippen LogP contribution >= 0.6 is 14.5 Å². The van der Waals surface area contributed by atoms with Crippen LogP contribution in [0.4, 0.5) is 0 Å². The zero-order valence-electron chi connectivity index (χ0n) is 35.9. The van der Waals surface area contributed by atoms with Gasteiger partial charge in [-0.15, -0.1) is 0 Å². The van der Waals surface area contributed by atoms with E-state index in [9.17, 15) is 30.0 Å². The second kappa shape index (κ2) is 23.1. The molecule has 0 aliphatic rings. The molecule has 0 fully saturated rings. The van der Waals surface area contributed by atoms with Gasteiger partial charge in [-0.1, -0.05) is 72.8 Å². The largest absolute Gasteiger partial charge is 0.550 e. The Balaban J connectivity index is 0.000000224. The number of hydrogen-bond acceptors (Lipinski definition) is 6. The summed E-state index contributed by atoms with van der Waals surface area (Å²) in [7, 11) is -3.62. The van der Waals surface area contributed by atoms with Crippen molar-refractivity contribution in [2.24, 2.45) is 0 Å². The maximum absolute atomic E-state index is 9.65. The lowest BCUT2D eigenvalue weighted by atomic mass is 10.2. The molecule has 6 aromatic rings. The van der Waals surface area contributed by atoms with E-state index >= 15 is 0 Å². The molecule has 6 nitrogen and oxygen atoms in total. The second-order valence-electron chi connectivity index (χ2n) is 15.5. The number of aliphatic hydroxyl groups excluding tert-OH is 2. The molecule has 0 spiro atoms. The van der Waals surface area contributed by atoms with Crippen molar-refractivity contribution in [3.8, 4) is 0 Å². The fourth-order valence-electron chi connectivity index (χ4n) is 7.68. The minimum absolute atomic E-state index is 0.227. The van der Waals surface area contributed by atoms with Gasteiger partial charge in [0.1, 0.15) is 46.4 Å². The molecule has 0 atom stereocenters. The van der Waals surface area contributed by atoms with Gasteiger partial charge in [0, 0.05) is 38.0 Å². The van der Waals surface area contributed by atoms with Crippen molar-refractivity contribution in [3.05, 3.63) is 179 Å². The van der Waals surface area contributed by atoms with Crippen LogP contribution in [0.1, 0.15) is 59.1 Å². The number of aliphatic hydroxyl groups is 2. The monoisotopic (exact) mass is 842 g/mol. The molecule has 0 unspecified atom stereocenters. The molecule has 0 amide bonds. The molecule has 0 aliphatic carbocycles. The molecule has 0 aromatic heterocycles. The van der Waals surface area contributed by atoms with Gasteiger partial charge in [-0.2, -0.15) is 0 Å². The zero-order valence-corrected chi connectivity index (χ0v) is 37.7. The van der Waals surface area contributed by atoms with Gasteiger partial charge in [0.2, 0.25) is 0 Å². The lowest BCUT2D eigenvalue weighted by Crippen LogP contribution is -2.34. The van der Waals surface area contributed by atoms with Crippen molar-refractivity contribution in [1.29, 1.82) is 0 Å². The first-order valence-electron chi connectivity index (χ1n) is 20.6. The van der Waals surface area contributed by atoms with E-state index in [1.54, 1.807) is 0 Å². The van der Waals surface area contributed by atoms with E-state index in [-0.39, 0.29) is 13.2 Å². The summed E-state index contributed by atoms with van der Waals surface area (Å²) in [6.07, 6.45) is 2.65. The molecule has 2 N–H and O–H groups in total. The standard InChI is InChI=1S/2C24H28OP.C4H6O4/c2*1-19-8-4-11-22(16-19)26(15-7-14-25,23-12-5-9-20(2)17-23)24-13-6-10-21(3)18-24;5-3(6)1-2-4(7)8/h2*4-6,8-13,16-18,25H,7,14-15H2,1-3H3;1-2H2,(H,5,6)(H,7,8)/q2*+1;/p-2. The molecule has 6 rings (SSSR count). The van der Waals surface area contributed by atoms with Gasteiger partial charge in [-0.25, -0.2) is 0 Å². The third-order valence-corrected chi connectivity index (χ3v) is 19.4. The van der Waals surface area contributed by atoms with E-state index in [2.05, 4.69) is 187 Å². The number of carboxylic acids is 2. The molecule has 0 radical (unpaired) electrons. The molecule has 0 heterocycles. The fraction of sp³-hybridized carbons (Fsp3) is 0.269. The Hall–Kier alpha value is -4.96. The quantitative estimate of drug-likeness (QED) is 0.126. The van der Waals surface area contributed by atoms with Crippen molar-refractivity contribution in [2.75, 3.05) is 25.5 Å². The Morgan fingerprint density at radius 3 is 0.750 bits per heavy atom. The average molecular weight is 843 g/mol. The van der Waals surface area contributed by atoms with Gasteiger partial charge in [-0.05, 0) is 161 Å². The van der Waals surface area contributed by atoms with Crippen LogP contribution in [0.3, 0.4) is 0 Å². The third kappa shape index (κ3) is 12.8. The van der Waals surface area contributed by atoms with E-state index in [1.165, 1.54) is 65.2 Å². The first-order valence-corrected chi connectivity index (χ1v) is 24.5. The average Bonchev–Trinajstić information content (AvgIpc) is 3.21. The zero-order chi connectivity index (χ0) is 43.7. The van der Waals surface area contributed by atoms with Crippen molar-refractivity contribution in [2.45, 2.75) is 67.2 Å². The minimum atomic E-state index is -1.81. The van der Waals surface area contributed by atoms with Crippen molar-refractivity contribution < 1.29 is 30.0 Å². The molecule has 6 aromatic carbocycles. The molecular formula is C52H60O6P2. The molecule has 314 valence electrons. The number of hydrogen-bond donors (Lipinski definition) is 2. The highest BCUT2D eigenvalue weighted by molar-refractivity contribution is 7.96. The normalized spacial score (nSPS) is 11.1. The number of benzene rings is 6. The van der Waals surface area contributed by atoms with Crippen molar-refractivity contribution in [1.82, 2.24) is 0 Å². The number of carboxylic acid groups (broad SMARTS) is 2. The third-order valence-electron chi connectivity index (χ3n) is 10.5.